The number of primary amides is 1. The second kappa shape index (κ2) is 2.41. The number of nitrogens with two attached hydrogens (primary N) is 1. The van der Waals surface area contributed by atoms with Crippen LogP contribution in [-0.4, -0.2) is 10.9 Å². The number of nitrogens with one attached hydrogen (secondary N) is 2. The summed E-state index contributed by atoms with van der Waals surface area (Å²) in [7, 11) is 0. The van der Waals surface area contributed by atoms with Crippen molar-refractivity contribution in [3.05, 3.63) is 29.2 Å². The van der Waals surface area contributed by atoms with Crippen LogP contribution in [0.1, 0.15) is 21.7 Å². The molecule has 1 aromatic heterocycles. The largest absolute Gasteiger partial charge is 0.387 e. The minimum atomic E-state index is -0.419. The van der Waals surface area contributed by atoms with Crippen molar-refractivity contribution in [1.82, 2.24) is 10.3 Å². The lowest BCUT2D eigenvalue weighted by atomic mass is 10.2. The Bertz CT molecular complexity index is 351. The Balaban J connectivity index is 2.46. The van der Waals surface area contributed by atoms with Gasteiger partial charge in [0.05, 0.1) is 0 Å². The Hall–Kier alpha value is -1.71. The molecule has 0 unspecified atom stereocenters. The van der Waals surface area contributed by atoms with Gasteiger partial charge in [-0.1, -0.05) is 0 Å². The molecule has 1 amide bonds. The van der Waals surface area contributed by atoms with Crippen molar-refractivity contribution in [1.29, 1.82) is 0 Å². The number of carbonyl (C=O) groups excluding carboxylic acids is 1. The van der Waals surface area contributed by atoms with E-state index in [0.29, 0.717) is 5.69 Å². The lowest BCUT2D eigenvalue weighted by Crippen LogP contribution is -2.10. The lowest BCUT2D eigenvalue weighted by Gasteiger charge is -2.05. The molecule has 4 heteroatoms. The first kappa shape index (κ1) is 6.97. The fourth-order valence-electron chi connectivity index (χ4n) is 1.25. The van der Waals surface area contributed by atoms with Crippen molar-refractivity contribution >= 4 is 12.0 Å². The molecule has 0 bridgehead atoms. The van der Waals surface area contributed by atoms with Gasteiger partial charge in [0.2, 0.25) is 0 Å². The summed E-state index contributed by atoms with van der Waals surface area (Å²) in [6.45, 7) is 0.746. The van der Waals surface area contributed by atoms with Gasteiger partial charge in [0.1, 0.15) is 5.69 Å². The predicted molar refractivity (Wildman–Crippen MR) is 45.2 cm³/mol. The summed E-state index contributed by atoms with van der Waals surface area (Å²) < 4.78 is 0. The van der Waals surface area contributed by atoms with E-state index in [2.05, 4.69) is 10.3 Å². The average Bonchev–Trinajstić information content (AvgIpc) is 2.46. The van der Waals surface area contributed by atoms with Crippen molar-refractivity contribution in [2.75, 3.05) is 0 Å². The van der Waals surface area contributed by atoms with Crippen LogP contribution in [0.5, 0.6) is 0 Å². The van der Waals surface area contributed by atoms with Crippen LogP contribution in [0, 0.1) is 0 Å². The Kier molecular flexibility index (Phi) is 1.40. The number of rotatable bonds is 1. The second-order valence-corrected chi connectivity index (χ2v) is 2.70. The summed E-state index contributed by atoms with van der Waals surface area (Å²) in [5.41, 5.74) is 7.61. The van der Waals surface area contributed by atoms with Gasteiger partial charge in [-0.2, -0.15) is 0 Å². The summed E-state index contributed by atoms with van der Waals surface area (Å²) in [5, 5.41) is 3.04. The van der Waals surface area contributed by atoms with Gasteiger partial charge < -0.3 is 16.0 Å². The van der Waals surface area contributed by atoms with Gasteiger partial charge in [-0.15, -0.1) is 0 Å². The quantitative estimate of drug-likeness (QED) is 0.553. The van der Waals surface area contributed by atoms with Crippen molar-refractivity contribution in [3.8, 4) is 0 Å². The van der Waals surface area contributed by atoms with E-state index in [4.69, 9.17) is 5.73 Å². The number of aromatic nitrogens is 1. The molecule has 2 heterocycles. The van der Waals surface area contributed by atoms with Crippen LogP contribution >= 0.6 is 0 Å². The summed E-state index contributed by atoms with van der Waals surface area (Å²) in [6.07, 6.45) is 3.72. The van der Waals surface area contributed by atoms with E-state index < -0.39 is 5.91 Å². The SMILES string of the molecule is NC(=O)c1cc2c([nH]1)C=CNC2. The molecule has 1 aliphatic rings. The highest BCUT2D eigenvalue weighted by Gasteiger charge is 2.10. The van der Waals surface area contributed by atoms with Crippen molar-refractivity contribution < 1.29 is 4.79 Å². The molecule has 1 aromatic rings. The van der Waals surface area contributed by atoms with E-state index in [1.165, 1.54) is 0 Å². The van der Waals surface area contributed by atoms with E-state index in [9.17, 15) is 4.79 Å². The molecule has 0 aliphatic carbocycles. The van der Waals surface area contributed by atoms with Gasteiger partial charge in [0, 0.05) is 12.2 Å². The summed E-state index contributed by atoms with van der Waals surface area (Å²) in [5.74, 6) is -0.419. The predicted octanol–water partition coefficient (Wildman–Crippen LogP) is 0.187. The average molecular weight is 163 g/mol. The maximum atomic E-state index is 10.8. The van der Waals surface area contributed by atoms with Gasteiger partial charge in [-0.25, -0.2) is 0 Å². The van der Waals surface area contributed by atoms with Crippen LogP contribution in [0.2, 0.25) is 0 Å². The van der Waals surface area contributed by atoms with Crippen LogP contribution in [0.3, 0.4) is 0 Å². The van der Waals surface area contributed by atoms with E-state index in [1.54, 1.807) is 6.07 Å². The van der Waals surface area contributed by atoms with Crippen LogP contribution in [-0.2, 0) is 6.54 Å². The van der Waals surface area contributed by atoms with E-state index in [1.807, 2.05) is 12.3 Å². The monoisotopic (exact) mass is 163 g/mol. The highest BCUT2D eigenvalue weighted by molar-refractivity contribution is 5.91. The number of amides is 1. The maximum absolute atomic E-state index is 10.8. The zero-order valence-corrected chi connectivity index (χ0v) is 6.42. The molecular weight excluding hydrogens is 154 g/mol. The first-order chi connectivity index (χ1) is 5.77. The number of H-pyrrole nitrogens is 1. The molecular formula is C8H9N3O. The number of hydrogen-bond donors (Lipinski definition) is 3. The zero-order chi connectivity index (χ0) is 8.55. The summed E-state index contributed by atoms with van der Waals surface area (Å²) >= 11 is 0. The molecule has 0 atom stereocenters. The minimum absolute atomic E-state index is 0.419. The highest BCUT2D eigenvalue weighted by atomic mass is 16.1. The van der Waals surface area contributed by atoms with Gasteiger partial charge in [0.15, 0.2) is 0 Å². The first-order valence-corrected chi connectivity index (χ1v) is 3.69. The molecule has 0 saturated carbocycles. The highest BCUT2D eigenvalue weighted by Crippen LogP contribution is 2.14. The van der Waals surface area contributed by atoms with Gasteiger partial charge >= 0.3 is 0 Å². The molecule has 4 nitrogen and oxygen atoms in total. The molecule has 0 aromatic carbocycles. The fourth-order valence-corrected chi connectivity index (χ4v) is 1.25. The Morgan fingerprint density at radius 2 is 2.42 bits per heavy atom. The van der Waals surface area contributed by atoms with Crippen LogP contribution in [0.4, 0.5) is 0 Å². The van der Waals surface area contributed by atoms with Gasteiger partial charge in [0.25, 0.3) is 5.91 Å². The Morgan fingerprint density at radius 1 is 1.58 bits per heavy atom. The molecule has 2 rings (SSSR count). The van der Waals surface area contributed by atoms with Crippen molar-refractivity contribution in [2.24, 2.45) is 5.73 Å². The summed E-state index contributed by atoms with van der Waals surface area (Å²) in [4.78, 5) is 13.7. The lowest BCUT2D eigenvalue weighted by molar-refractivity contribution is 0.0996. The molecule has 1 aliphatic heterocycles. The second-order valence-electron chi connectivity index (χ2n) is 2.70. The standard InChI is InChI=1S/C8H9N3O/c9-8(12)7-3-5-4-10-2-1-6(5)11-7/h1-3,10-11H,4H2,(H2,9,12). The van der Waals surface area contributed by atoms with Crippen molar-refractivity contribution in [2.45, 2.75) is 6.54 Å². The molecule has 0 spiro atoms. The van der Waals surface area contributed by atoms with E-state index in [-0.39, 0.29) is 0 Å². The third-order valence-electron chi connectivity index (χ3n) is 1.86. The number of carbonyl (C=O) groups is 1. The van der Waals surface area contributed by atoms with Crippen LogP contribution < -0.4 is 11.1 Å². The molecule has 0 radical (unpaired) electrons. The third kappa shape index (κ3) is 0.972. The Labute approximate surface area is 69.5 Å². The Morgan fingerprint density at radius 3 is 3.08 bits per heavy atom. The normalized spacial score (nSPS) is 13.7. The topological polar surface area (TPSA) is 70.9 Å². The van der Waals surface area contributed by atoms with Gasteiger partial charge in [-0.05, 0) is 23.9 Å². The van der Waals surface area contributed by atoms with Crippen molar-refractivity contribution in [3.63, 3.8) is 0 Å². The zero-order valence-electron chi connectivity index (χ0n) is 6.42. The maximum Gasteiger partial charge on any atom is 0.265 e. The third-order valence-corrected chi connectivity index (χ3v) is 1.86. The van der Waals surface area contributed by atoms with E-state index >= 15 is 0 Å². The molecule has 12 heavy (non-hydrogen) atoms. The fraction of sp³-hybridized carbons (Fsp3) is 0.125. The van der Waals surface area contributed by atoms with E-state index in [0.717, 1.165) is 17.8 Å². The van der Waals surface area contributed by atoms with Crippen LogP contribution in [0.25, 0.3) is 6.08 Å². The first-order valence-electron chi connectivity index (χ1n) is 3.69. The number of aromatic amines is 1. The molecule has 0 fully saturated rings. The number of fused-ring (bicyclic) bond motifs is 1. The van der Waals surface area contributed by atoms with Gasteiger partial charge in [-0.3, -0.25) is 4.79 Å². The number of hydrogen-bond acceptors (Lipinski definition) is 2. The molecule has 0 saturated heterocycles. The minimum Gasteiger partial charge on any atom is -0.387 e. The molecule has 4 N–H and O–H groups in total. The van der Waals surface area contributed by atoms with Crippen LogP contribution in [0.15, 0.2) is 12.3 Å². The smallest absolute Gasteiger partial charge is 0.265 e. The molecule has 62 valence electrons. The summed E-state index contributed by atoms with van der Waals surface area (Å²) in [6, 6.07) is 1.77.